The van der Waals surface area contributed by atoms with E-state index in [-0.39, 0.29) is 5.69 Å². The minimum atomic E-state index is -4.44. The van der Waals surface area contributed by atoms with E-state index in [1.807, 2.05) is 19.0 Å². The normalized spacial score (nSPS) is 12.2. The molecule has 0 aromatic heterocycles. The van der Waals surface area contributed by atoms with E-state index in [4.69, 9.17) is 0 Å². The van der Waals surface area contributed by atoms with Crippen molar-refractivity contribution in [2.45, 2.75) is 26.4 Å². The summed E-state index contributed by atoms with van der Waals surface area (Å²) in [5.74, 6) is -1.02. The number of amides is 2. The second kappa shape index (κ2) is 8.33. The van der Waals surface area contributed by atoms with Crippen molar-refractivity contribution in [1.82, 2.24) is 10.2 Å². The van der Waals surface area contributed by atoms with Crippen LogP contribution >= 0.6 is 0 Å². The van der Waals surface area contributed by atoms with Gasteiger partial charge in [-0.2, -0.15) is 13.2 Å². The molecule has 0 heterocycles. The summed E-state index contributed by atoms with van der Waals surface area (Å²) in [5.41, 5.74) is -1.95. The zero-order valence-corrected chi connectivity index (χ0v) is 14.8. The first kappa shape index (κ1) is 21.0. The Bertz CT molecular complexity index is 596. The smallest absolute Gasteiger partial charge is 0.355 e. The molecule has 140 valence electrons. The summed E-state index contributed by atoms with van der Waals surface area (Å²) < 4.78 is 37.6. The van der Waals surface area contributed by atoms with Crippen LogP contribution in [0, 0.1) is 5.41 Å². The SMILES string of the molecule is CN(C)CCCNC(=O)C(C)(C)C(=O)Nc1ccc(C(F)(F)F)cc1. The molecule has 0 aliphatic rings. The molecule has 1 aromatic rings. The molecule has 0 spiro atoms. The summed E-state index contributed by atoms with van der Waals surface area (Å²) in [6.45, 7) is 4.17. The number of hydrogen-bond donors (Lipinski definition) is 2. The lowest BCUT2D eigenvalue weighted by molar-refractivity contribution is -0.139. The topological polar surface area (TPSA) is 61.4 Å². The van der Waals surface area contributed by atoms with Crippen LogP contribution in [0.3, 0.4) is 0 Å². The molecule has 1 rings (SSSR count). The van der Waals surface area contributed by atoms with E-state index in [1.54, 1.807) is 0 Å². The number of benzene rings is 1. The third-order valence-electron chi connectivity index (χ3n) is 3.67. The van der Waals surface area contributed by atoms with E-state index >= 15 is 0 Å². The molecule has 0 radical (unpaired) electrons. The van der Waals surface area contributed by atoms with Gasteiger partial charge in [-0.1, -0.05) is 0 Å². The zero-order valence-electron chi connectivity index (χ0n) is 14.8. The van der Waals surface area contributed by atoms with Crippen LogP contribution in [-0.4, -0.2) is 43.9 Å². The number of rotatable bonds is 7. The van der Waals surface area contributed by atoms with Gasteiger partial charge in [0, 0.05) is 12.2 Å². The lowest BCUT2D eigenvalue weighted by Gasteiger charge is -2.23. The molecule has 0 aliphatic carbocycles. The molecule has 0 unspecified atom stereocenters. The van der Waals surface area contributed by atoms with Gasteiger partial charge in [-0.25, -0.2) is 0 Å². The van der Waals surface area contributed by atoms with Crippen LogP contribution in [0.5, 0.6) is 0 Å². The monoisotopic (exact) mass is 359 g/mol. The first-order chi connectivity index (χ1) is 11.4. The number of nitrogens with zero attached hydrogens (tertiary/aromatic N) is 1. The van der Waals surface area contributed by atoms with E-state index in [2.05, 4.69) is 10.6 Å². The van der Waals surface area contributed by atoms with Crippen molar-refractivity contribution in [2.24, 2.45) is 5.41 Å². The van der Waals surface area contributed by atoms with E-state index in [0.29, 0.717) is 6.54 Å². The van der Waals surface area contributed by atoms with Gasteiger partial charge < -0.3 is 15.5 Å². The summed E-state index contributed by atoms with van der Waals surface area (Å²) in [5, 5.41) is 5.17. The Morgan fingerprint density at radius 3 is 2.08 bits per heavy atom. The molecule has 25 heavy (non-hydrogen) atoms. The number of nitrogens with one attached hydrogen (secondary N) is 2. The number of anilines is 1. The Balaban J connectivity index is 2.63. The van der Waals surface area contributed by atoms with Crippen molar-refractivity contribution in [3.8, 4) is 0 Å². The summed E-state index contributed by atoms with van der Waals surface area (Å²) in [6, 6.07) is 4.07. The van der Waals surface area contributed by atoms with Gasteiger partial charge in [0.05, 0.1) is 5.56 Å². The van der Waals surface area contributed by atoms with E-state index in [0.717, 1.165) is 37.2 Å². The van der Waals surface area contributed by atoms with Crippen LogP contribution < -0.4 is 10.6 Å². The average molecular weight is 359 g/mol. The minimum absolute atomic E-state index is 0.200. The Hall–Kier alpha value is -2.09. The van der Waals surface area contributed by atoms with Gasteiger partial charge in [0.25, 0.3) is 0 Å². The Morgan fingerprint density at radius 1 is 1.04 bits per heavy atom. The Labute approximate surface area is 145 Å². The lowest BCUT2D eigenvalue weighted by atomic mass is 9.91. The highest BCUT2D eigenvalue weighted by atomic mass is 19.4. The van der Waals surface area contributed by atoms with Crippen LogP contribution in [0.15, 0.2) is 24.3 Å². The Morgan fingerprint density at radius 2 is 1.60 bits per heavy atom. The van der Waals surface area contributed by atoms with Crippen LogP contribution in [-0.2, 0) is 15.8 Å². The predicted octanol–water partition coefficient (Wildman–Crippen LogP) is 2.74. The van der Waals surface area contributed by atoms with Gasteiger partial charge in [-0.05, 0) is 65.2 Å². The van der Waals surface area contributed by atoms with Crippen molar-refractivity contribution >= 4 is 17.5 Å². The molecule has 8 heteroatoms. The Kier molecular flexibility index (Phi) is 6.98. The fourth-order valence-electron chi connectivity index (χ4n) is 1.95. The van der Waals surface area contributed by atoms with E-state index in [1.165, 1.54) is 13.8 Å². The van der Waals surface area contributed by atoms with E-state index < -0.39 is 29.0 Å². The molecule has 1 aromatic carbocycles. The van der Waals surface area contributed by atoms with Crippen LogP contribution in [0.4, 0.5) is 18.9 Å². The summed E-state index contributed by atoms with van der Waals surface area (Å²) in [7, 11) is 3.84. The minimum Gasteiger partial charge on any atom is -0.355 e. The maximum absolute atomic E-state index is 12.5. The van der Waals surface area contributed by atoms with Gasteiger partial charge >= 0.3 is 6.18 Å². The highest BCUT2D eigenvalue weighted by molar-refractivity contribution is 6.09. The number of halogens is 3. The highest BCUT2D eigenvalue weighted by Crippen LogP contribution is 2.30. The maximum atomic E-state index is 12.5. The van der Waals surface area contributed by atoms with E-state index in [9.17, 15) is 22.8 Å². The average Bonchev–Trinajstić information content (AvgIpc) is 2.50. The standard InChI is InChI=1S/C17H24F3N3O2/c1-16(2,14(24)21-10-5-11-23(3)4)15(25)22-13-8-6-12(7-9-13)17(18,19)20/h6-9H,5,10-11H2,1-4H3,(H,21,24)(H,22,25). The number of carbonyl (C=O) groups is 2. The van der Waals surface area contributed by atoms with Gasteiger partial charge in [-0.15, -0.1) is 0 Å². The summed E-state index contributed by atoms with van der Waals surface area (Å²) in [4.78, 5) is 26.5. The molecule has 0 fully saturated rings. The van der Waals surface area contributed by atoms with Crippen LogP contribution in [0.1, 0.15) is 25.8 Å². The van der Waals surface area contributed by atoms with Gasteiger partial charge in [0.2, 0.25) is 11.8 Å². The molecule has 0 saturated heterocycles. The number of alkyl halides is 3. The van der Waals surface area contributed by atoms with Crippen LogP contribution in [0.25, 0.3) is 0 Å². The molecular weight excluding hydrogens is 335 g/mol. The first-order valence-corrected chi connectivity index (χ1v) is 7.86. The second-order valence-electron chi connectivity index (χ2n) is 6.57. The molecule has 0 aliphatic heterocycles. The summed E-state index contributed by atoms with van der Waals surface area (Å²) >= 11 is 0. The van der Waals surface area contributed by atoms with Gasteiger partial charge in [0.1, 0.15) is 5.41 Å². The molecule has 0 atom stereocenters. The second-order valence-corrected chi connectivity index (χ2v) is 6.57. The largest absolute Gasteiger partial charge is 0.416 e. The first-order valence-electron chi connectivity index (χ1n) is 7.86. The summed E-state index contributed by atoms with van der Waals surface area (Å²) in [6.07, 6.45) is -3.69. The molecule has 0 saturated carbocycles. The highest BCUT2D eigenvalue weighted by Gasteiger charge is 2.36. The van der Waals surface area contributed by atoms with Crippen molar-refractivity contribution in [1.29, 1.82) is 0 Å². The maximum Gasteiger partial charge on any atom is 0.416 e. The molecule has 0 bridgehead atoms. The van der Waals surface area contributed by atoms with Crippen molar-refractivity contribution < 1.29 is 22.8 Å². The van der Waals surface area contributed by atoms with Gasteiger partial charge in [-0.3, -0.25) is 9.59 Å². The molecular formula is C17H24F3N3O2. The van der Waals surface area contributed by atoms with Crippen molar-refractivity contribution in [3.05, 3.63) is 29.8 Å². The van der Waals surface area contributed by atoms with Crippen LogP contribution in [0.2, 0.25) is 0 Å². The van der Waals surface area contributed by atoms with Gasteiger partial charge in [0.15, 0.2) is 0 Å². The van der Waals surface area contributed by atoms with Crippen molar-refractivity contribution in [3.63, 3.8) is 0 Å². The molecule has 2 N–H and O–H groups in total. The number of carbonyl (C=O) groups excluding carboxylic acids is 2. The fraction of sp³-hybridized carbons (Fsp3) is 0.529. The fourth-order valence-corrected chi connectivity index (χ4v) is 1.95. The third-order valence-corrected chi connectivity index (χ3v) is 3.67. The zero-order chi connectivity index (χ0) is 19.3. The molecule has 2 amide bonds. The quantitative estimate of drug-likeness (QED) is 0.581. The number of hydrogen-bond acceptors (Lipinski definition) is 3. The van der Waals surface area contributed by atoms with Crippen molar-refractivity contribution in [2.75, 3.05) is 32.5 Å². The third kappa shape index (κ3) is 6.38. The lowest BCUT2D eigenvalue weighted by Crippen LogP contribution is -2.45. The molecule has 5 nitrogen and oxygen atoms in total. The predicted molar refractivity (Wildman–Crippen MR) is 90.0 cm³/mol.